The van der Waals surface area contributed by atoms with Gasteiger partial charge in [-0.15, -0.1) is 0 Å². The Labute approximate surface area is 227 Å². The summed E-state index contributed by atoms with van der Waals surface area (Å²) >= 11 is 0. The van der Waals surface area contributed by atoms with E-state index in [-0.39, 0.29) is 29.2 Å². The van der Waals surface area contributed by atoms with E-state index in [9.17, 15) is 19.5 Å². The number of aryl methyl sites for hydroxylation is 1. The number of hydrogen-bond acceptors (Lipinski definition) is 4. The lowest BCUT2D eigenvalue weighted by molar-refractivity contribution is -0.140. The molecule has 2 rings (SSSR count). The summed E-state index contributed by atoms with van der Waals surface area (Å²) in [6.45, 7) is 13.3. The van der Waals surface area contributed by atoms with Crippen LogP contribution >= 0.6 is 0 Å². The molecule has 0 radical (unpaired) electrons. The van der Waals surface area contributed by atoms with E-state index in [1.165, 1.54) is 6.92 Å². The van der Waals surface area contributed by atoms with Crippen LogP contribution in [0.4, 0.5) is 0 Å². The van der Waals surface area contributed by atoms with Crippen LogP contribution in [0.25, 0.3) is 10.9 Å². The van der Waals surface area contributed by atoms with Gasteiger partial charge in [0.2, 0.25) is 11.8 Å². The summed E-state index contributed by atoms with van der Waals surface area (Å²) in [6, 6.07) is 6.40. The van der Waals surface area contributed by atoms with E-state index < -0.39 is 29.5 Å². The van der Waals surface area contributed by atoms with Gasteiger partial charge in [0.15, 0.2) is 0 Å². The number of fused-ring (bicyclic) bond motifs is 1. The third kappa shape index (κ3) is 6.46. The Kier molecular flexibility index (Phi) is 9.94. The lowest BCUT2D eigenvalue weighted by Crippen LogP contribution is -2.60. The van der Waals surface area contributed by atoms with Gasteiger partial charge in [0, 0.05) is 42.2 Å². The van der Waals surface area contributed by atoms with Crippen molar-refractivity contribution in [3.8, 4) is 0 Å². The second-order valence-corrected chi connectivity index (χ2v) is 11.8. The zero-order valence-corrected chi connectivity index (χ0v) is 24.9. The summed E-state index contributed by atoms with van der Waals surface area (Å²) in [5, 5.41) is 13.5. The largest absolute Gasteiger partial charge is 0.478 e. The number of aromatic nitrogens is 1. The van der Waals surface area contributed by atoms with E-state index in [1.54, 1.807) is 18.0 Å². The van der Waals surface area contributed by atoms with Crippen molar-refractivity contribution in [2.75, 3.05) is 21.1 Å². The van der Waals surface area contributed by atoms with E-state index in [4.69, 9.17) is 0 Å². The maximum absolute atomic E-state index is 13.9. The average molecular weight is 527 g/mol. The van der Waals surface area contributed by atoms with Gasteiger partial charge in [-0.3, -0.25) is 14.5 Å². The van der Waals surface area contributed by atoms with Crippen LogP contribution in [0.1, 0.15) is 54.0 Å². The molecule has 0 spiro atoms. The van der Waals surface area contributed by atoms with Crippen LogP contribution in [0.2, 0.25) is 0 Å². The van der Waals surface area contributed by atoms with Gasteiger partial charge in [-0.05, 0) is 44.5 Å². The molecular weight excluding hydrogens is 480 g/mol. The van der Waals surface area contributed by atoms with Crippen molar-refractivity contribution in [1.29, 1.82) is 0 Å². The maximum Gasteiger partial charge on any atom is 0.331 e. The Morgan fingerprint density at radius 3 is 2.11 bits per heavy atom. The Balaban J connectivity index is 2.43. The van der Waals surface area contributed by atoms with Crippen molar-refractivity contribution in [1.82, 2.24) is 19.7 Å². The molecule has 3 atom stereocenters. The molecule has 8 heteroatoms. The molecule has 2 aromatic rings. The molecule has 0 fully saturated rings. The first-order valence-electron chi connectivity index (χ1n) is 13.2. The Hall–Kier alpha value is -3.13. The Bertz CT molecular complexity index is 1190. The number of carboxylic acid groups (broad SMARTS) is 1. The number of nitrogens with one attached hydrogen (secondary N) is 1. The number of likely N-dealkylation sites (N-methyl/N-ethyl adjacent to an activating group) is 2. The number of amides is 2. The third-order valence-corrected chi connectivity index (χ3v) is 7.51. The predicted molar refractivity (Wildman–Crippen MR) is 153 cm³/mol. The number of rotatable bonds is 11. The summed E-state index contributed by atoms with van der Waals surface area (Å²) in [5.74, 6) is -1.68. The summed E-state index contributed by atoms with van der Waals surface area (Å²) in [5.41, 5.74) is 1.75. The van der Waals surface area contributed by atoms with Crippen LogP contribution in [-0.4, -0.2) is 76.5 Å². The van der Waals surface area contributed by atoms with E-state index in [0.29, 0.717) is 0 Å². The highest BCUT2D eigenvalue weighted by molar-refractivity contribution is 5.93. The van der Waals surface area contributed by atoms with Gasteiger partial charge in [-0.2, -0.15) is 0 Å². The van der Waals surface area contributed by atoms with E-state index in [1.807, 2.05) is 65.9 Å². The molecule has 0 aliphatic carbocycles. The molecule has 210 valence electrons. The quantitative estimate of drug-likeness (QED) is 0.431. The lowest BCUT2D eigenvalue weighted by atomic mass is 9.76. The van der Waals surface area contributed by atoms with Crippen LogP contribution in [0.5, 0.6) is 0 Å². The van der Waals surface area contributed by atoms with E-state index in [0.717, 1.165) is 16.5 Å². The van der Waals surface area contributed by atoms with Crippen LogP contribution in [0, 0.1) is 11.8 Å². The molecule has 0 aliphatic rings. The van der Waals surface area contributed by atoms with E-state index >= 15 is 0 Å². The van der Waals surface area contributed by atoms with Crippen LogP contribution in [-0.2, 0) is 26.8 Å². The monoisotopic (exact) mass is 526 g/mol. The van der Waals surface area contributed by atoms with Gasteiger partial charge < -0.3 is 19.9 Å². The number of para-hydroxylation sites is 1. The fourth-order valence-electron chi connectivity index (χ4n) is 5.40. The molecule has 0 aliphatic heterocycles. The number of hydrogen-bond donors (Lipinski definition) is 2. The fraction of sp³-hybridized carbons (Fsp3) is 0.567. The maximum atomic E-state index is 13.9. The topological polar surface area (TPSA) is 94.9 Å². The molecule has 2 N–H and O–H groups in total. The smallest absolute Gasteiger partial charge is 0.331 e. The number of benzene rings is 1. The second-order valence-electron chi connectivity index (χ2n) is 11.8. The molecule has 1 aromatic carbocycles. The molecule has 0 saturated heterocycles. The summed E-state index contributed by atoms with van der Waals surface area (Å²) < 4.78 is 2.07. The number of aliphatic carboxylic acids is 1. The first-order chi connectivity index (χ1) is 17.5. The summed E-state index contributed by atoms with van der Waals surface area (Å²) in [7, 11) is 7.43. The third-order valence-electron chi connectivity index (χ3n) is 7.51. The van der Waals surface area contributed by atoms with Gasteiger partial charge in [0.1, 0.15) is 6.04 Å². The highest BCUT2D eigenvalue weighted by Gasteiger charge is 2.42. The summed E-state index contributed by atoms with van der Waals surface area (Å²) in [4.78, 5) is 42.6. The molecule has 0 bridgehead atoms. The normalized spacial score (nSPS) is 15.2. The van der Waals surface area contributed by atoms with Gasteiger partial charge in [-0.1, -0.05) is 65.8 Å². The number of nitrogens with zero attached hydrogens (tertiary/aromatic N) is 3. The fourth-order valence-corrected chi connectivity index (χ4v) is 5.40. The molecule has 2 amide bonds. The van der Waals surface area contributed by atoms with Crippen molar-refractivity contribution >= 4 is 28.7 Å². The van der Waals surface area contributed by atoms with Gasteiger partial charge in [0.25, 0.3) is 0 Å². The SMILES string of the molecule is CC(=C[C@H](C(C)C)N(C)C(=O)[C@@H](NC(=O)[C@@H](N(C)C)C(C)(C)c1cn(C)c2ccccc12)C(C)C)C(=O)O. The number of carboxylic acids is 1. The van der Waals surface area contributed by atoms with Crippen molar-refractivity contribution in [2.45, 2.75) is 72.0 Å². The molecule has 0 saturated carbocycles. The average Bonchev–Trinajstić information content (AvgIpc) is 3.16. The van der Waals surface area contributed by atoms with Crippen molar-refractivity contribution in [3.63, 3.8) is 0 Å². The minimum Gasteiger partial charge on any atom is -0.478 e. The molecule has 1 aromatic heterocycles. The minimum absolute atomic E-state index is 0.0124. The Morgan fingerprint density at radius 2 is 1.61 bits per heavy atom. The van der Waals surface area contributed by atoms with Gasteiger partial charge in [-0.25, -0.2) is 4.79 Å². The molecule has 8 nitrogen and oxygen atoms in total. The minimum atomic E-state index is -1.02. The van der Waals surface area contributed by atoms with Gasteiger partial charge in [0.05, 0.1) is 12.1 Å². The molecular formula is C30H46N4O4. The zero-order chi connectivity index (χ0) is 29.1. The molecule has 1 heterocycles. The standard InChI is InChI=1S/C30H46N4O4/c1-18(2)24(16-20(5)29(37)38)34(11)28(36)25(19(3)4)31-27(35)26(32(8)9)30(6,7)22-17-33(10)23-15-13-12-14-21(22)23/h12-19,24-26H,1-11H3,(H,31,35)(H,37,38)/t24-,25+,26-/m1/s1. The molecule has 38 heavy (non-hydrogen) atoms. The van der Waals surface area contributed by atoms with Crippen LogP contribution < -0.4 is 5.32 Å². The predicted octanol–water partition coefficient (Wildman–Crippen LogP) is 4.04. The van der Waals surface area contributed by atoms with E-state index in [2.05, 4.69) is 42.1 Å². The highest BCUT2D eigenvalue weighted by atomic mass is 16.4. The van der Waals surface area contributed by atoms with Crippen molar-refractivity contribution < 1.29 is 19.5 Å². The molecule has 0 unspecified atom stereocenters. The van der Waals surface area contributed by atoms with Crippen LogP contribution in [0.3, 0.4) is 0 Å². The van der Waals surface area contributed by atoms with Crippen molar-refractivity contribution in [3.05, 3.63) is 47.7 Å². The van der Waals surface area contributed by atoms with Crippen LogP contribution in [0.15, 0.2) is 42.1 Å². The highest BCUT2D eigenvalue weighted by Crippen LogP contribution is 2.36. The number of carbonyl (C=O) groups excluding carboxylic acids is 2. The Morgan fingerprint density at radius 1 is 1.03 bits per heavy atom. The lowest BCUT2D eigenvalue weighted by Gasteiger charge is -2.39. The summed E-state index contributed by atoms with van der Waals surface area (Å²) in [6.07, 6.45) is 3.69. The first-order valence-corrected chi connectivity index (χ1v) is 13.2. The first kappa shape index (κ1) is 31.1. The number of carbonyl (C=O) groups is 3. The van der Waals surface area contributed by atoms with Gasteiger partial charge >= 0.3 is 5.97 Å². The van der Waals surface area contributed by atoms with Crippen molar-refractivity contribution in [2.24, 2.45) is 18.9 Å². The second kappa shape index (κ2) is 12.2. The zero-order valence-electron chi connectivity index (χ0n) is 24.9.